The molecule has 1 amide bonds. The Kier molecular flexibility index (Phi) is 4.20. The zero-order chi connectivity index (χ0) is 15.5. The van der Waals surface area contributed by atoms with Gasteiger partial charge in [0, 0.05) is 11.4 Å². The topological polar surface area (TPSA) is 73.6 Å². The first-order chi connectivity index (χ1) is 10.7. The number of hydrogen-bond donors (Lipinski definition) is 2. The van der Waals surface area contributed by atoms with Crippen LogP contribution in [0.15, 0.2) is 24.3 Å². The van der Waals surface area contributed by atoms with Crippen molar-refractivity contribution in [3.05, 3.63) is 40.3 Å². The predicted octanol–water partition coefficient (Wildman–Crippen LogP) is 2.94. The summed E-state index contributed by atoms with van der Waals surface area (Å²) in [5.41, 5.74) is 7.46. The van der Waals surface area contributed by atoms with Crippen molar-refractivity contribution >= 4 is 22.2 Å². The Bertz CT molecular complexity index is 697. The number of nitrogen functional groups attached to an aromatic ring is 1. The average molecular weight is 318 g/mol. The fraction of sp³-hybridized carbons (Fsp3) is 0.312. The number of ether oxygens (including phenoxy) is 2. The van der Waals surface area contributed by atoms with E-state index in [0.717, 1.165) is 29.0 Å². The van der Waals surface area contributed by atoms with Gasteiger partial charge in [0.15, 0.2) is 11.5 Å². The Labute approximate surface area is 133 Å². The lowest BCUT2D eigenvalue weighted by molar-refractivity contribution is 0.0952. The predicted molar refractivity (Wildman–Crippen MR) is 86.5 cm³/mol. The van der Waals surface area contributed by atoms with Crippen molar-refractivity contribution in [1.29, 1.82) is 0 Å². The molecule has 6 heteroatoms. The molecule has 3 N–H and O–H groups in total. The number of carbonyl (C=O) groups is 1. The number of nitrogens with one attached hydrogen (secondary N) is 1. The average Bonchev–Trinajstić information content (AvgIpc) is 3.11. The van der Waals surface area contributed by atoms with Gasteiger partial charge in [-0.05, 0) is 30.2 Å². The quantitative estimate of drug-likeness (QED) is 0.889. The minimum absolute atomic E-state index is 0.145. The summed E-state index contributed by atoms with van der Waals surface area (Å²) >= 11 is 1.49. The van der Waals surface area contributed by atoms with Crippen LogP contribution in [0.5, 0.6) is 11.5 Å². The van der Waals surface area contributed by atoms with Gasteiger partial charge in [-0.15, -0.1) is 11.3 Å². The van der Waals surface area contributed by atoms with E-state index in [2.05, 4.69) is 12.2 Å². The van der Waals surface area contributed by atoms with Gasteiger partial charge < -0.3 is 20.5 Å². The van der Waals surface area contributed by atoms with Crippen LogP contribution < -0.4 is 20.5 Å². The Morgan fingerprint density at radius 2 is 2.14 bits per heavy atom. The van der Waals surface area contributed by atoms with Gasteiger partial charge >= 0.3 is 0 Å². The van der Waals surface area contributed by atoms with Crippen molar-refractivity contribution < 1.29 is 14.3 Å². The highest BCUT2D eigenvalue weighted by atomic mass is 32.1. The Hall–Kier alpha value is -2.21. The number of carbonyl (C=O) groups excluding carboxylic acids is 1. The molecule has 0 radical (unpaired) electrons. The molecule has 0 aliphatic carbocycles. The number of aryl methyl sites for hydroxylation is 1. The van der Waals surface area contributed by atoms with Crippen LogP contribution in [0.2, 0.25) is 0 Å². The van der Waals surface area contributed by atoms with E-state index >= 15 is 0 Å². The van der Waals surface area contributed by atoms with Crippen LogP contribution in [0.4, 0.5) is 5.00 Å². The molecule has 116 valence electrons. The smallest absolute Gasteiger partial charge is 0.254 e. The van der Waals surface area contributed by atoms with E-state index in [1.807, 2.05) is 24.3 Å². The zero-order valence-corrected chi connectivity index (χ0v) is 13.2. The molecule has 5 nitrogen and oxygen atoms in total. The number of anilines is 1. The minimum Gasteiger partial charge on any atom is -0.454 e. The molecular weight excluding hydrogens is 300 g/mol. The van der Waals surface area contributed by atoms with E-state index in [-0.39, 0.29) is 12.7 Å². The molecule has 0 spiro atoms. The van der Waals surface area contributed by atoms with Crippen molar-refractivity contribution in [3.8, 4) is 11.5 Å². The molecule has 0 atom stereocenters. The first kappa shape index (κ1) is 14.7. The van der Waals surface area contributed by atoms with Gasteiger partial charge in [-0.1, -0.05) is 19.4 Å². The number of rotatable bonds is 5. The summed E-state index contributed by atoms with van der Waals surface area (Å²) in [5.74, 6) is 1.31. The van der Waals surface area contributed by atoms with Crippen molar-refractivity contribution in [2.75, 3.05) is 12.5 Å². The molecule has 1 aliphatic heterocycles. The molecule has 1 aliphatic rings. The minimum atomic E-state index is -0.145. The summed E-state index contributed by atoms with van der Waals surface area (Å²) in [7, 11) is 0. The van der Waals surface area contributed by atoms with Crippen LogP contribution >= 0.6 is 11.3 Å². The van der Waals surface area contributed by atoms with E-state index in [4.69, 9.17) is 15.2 Å². The number of fused-ring (bicyclic) bond motifs is 1. The molecule has 2 aromatic rings. The van der Waals surface area contributed by atoms with Crippen LogP contribution in [0.3, 0.4) is 0 Å². The third-order valence-corrected chi connectivity index (χ3v) is 4.47. The highest BCUT2D eigenvalue weighted by Gasteiger charge is 2.16. The molecule has 1 aromatic carbocycles. The number of hydrogen-bond acceptors (Lipinski definition) is 5. The highest BCUT2D eigenvalue weighted by Crippen LogP contribution is 2.32. The zero-order valence-electron chi connectivity index (χ0n) is 12.3. The number of thiophene rings is 1. The summed E-state index contributed by atoms with van der Waals surface area (Å²) in [4.78, 5) is 13.4. The number of amides is 1. The van der Waals surface area contributed by atoms with E-state index in [1.54, 1.807) is 0 Å². The molecule has 3 rings (SSSR count). The van der Waals surface area contributed by atoms with Crippen LogP contribution in [0, 0.1) is 0 Å². The van der Waals surface area contributed by atoms with Gasteiger partial charge in [0.1, 0.15) is 0 Å². The van der Waals surface area contributed by atoms with Crippen LogP contribution in [0.1, 0.15) is 34.1 Å². The first-order valence-electron chi connectivity index (χ1n) is 7.22. The maximum absolute atomic E-state index is 12.2. The monoisotopic (exact) mass is 318 g/mol. The number of benzene rings is 1. The van der Waals surface area contributed by atoms with E-state index in [1.165, 1.54) is 11.3 Å². The van der Waals surface area contributed by atoms with Crippen LogP contribution in [-0.2, 0) is 13.0 Å². The normalized spacial score (nSPS) is 12.4. The summed E-state index contributed by atoms with van der Waals surface area (Å²) in [6.45, 7) is 2.78. The van der Waals surface area contributed by atoms with Gasteiger partial charge in [0.2, 0.25) is 6.79 Å². The maximum atomic E-state index is 12.2. The van der Waals surface area contributed by atoms with E-state index in [0.29, 0.717) is 22.9 Å². The maximum Gasteiger partial charge on any atom is 0.254 e. The summed E-state index contributed by atoms with van der Waals surface area (Å²) in [6, 6.07) is 7.52. The molecule has 0 saturated heterocycles. The molecule has 2 heterocycles. The van der Waals surface area contributed by atoms with Crippen LogP contribution in [-0.4, -0.2) is 12.7 Å². The Morgan fingerprint density at radius 1 is 1.32 bits per heavy atom. The largest absolute Gasteiger partial charge is 0.454 e. The van der Waals surface area contributed by atoms with Crippen molar-refractivity contribution in [1.82, 2.24) is 5.32 Å². The van der Waals surface area contributed by atoms with E-state index < -0.39 is 0 Å². The molecule has 0 bridgehead atoms. The molecule has 1 aromatic heterocycles. The lowest BCUT2D eigenvalue weighted by atomic mass is 10.2. The second kappa shape index (κ2) is 6.27. The summed E-state index contributed by atoms with van der Waals surface area (Å²) in [5, 5.41) is 3.47. The molecular formula is C16H18N2O3S. The SMILES string of the molecule is CCCc1cc(C(=O)NCc2ccc3c(c2)OCO3)c(N)s1. The van der Waals surface area contributed by atoms with Gasteiger partial charge in [-0.3, -0.25) is 4.79 Å². The lowest BCUT2D eigenvalue weighted by Crippen LogP contribution is -2.23. The van der Waals surface area contributed by atoms with Gasteiger partial charge in [0.05, 0.1) is 10.6 Å². The molecule has 0 saturated carbocycles. The van der Waals surface area contributed by atoms with E-state index in [9.17, 15) is 4.79 Å². The Balaban J connectivity index is 1.65. The second-order valence-electron chi connectivity index (χ2n) is 5.11. The fourth-order valence-corrected chi connectivity index (χ4v) is 3.36. The number of nitrogens with two attached hydrogens (primary N) is 1. The summed E-state index contributed by atoms with van der Waals surface area (Å²) in [6.07, 6.45) is 1.99. The van der Waals surface area contributed by atoms with Gasteiger partial charge in [-0.2, -0.15) is 0 Å². The summed E-state index contributed by atoms with van der Waals surface area (Å²) < 4.78 is 10.6. The van der Waals surface area contributed by atoms with Crippen LogP contribution in [0.25, 0.3) is 0 Å². The third kappa shape index (κ3) is 3.01. The van der Waals surface area contributed by atoms with Crippen molar-refractivity contribution in [2.24, 2.45) is 0 Å². The van der Waals surface area contributed by atoms with Crippen molar-refractivity contribution in [3.63, 3.8) is 0 Å². The highest BCUT2D eigenvalue weighted by molar-refractivity contribution is 7.16. The third-order valence-electron chi connectivity index (χ3n) is 3.44. The van der Waals surface area contributed by atoms with Gasteiger partial charge in [0.25, 0.3) is 5.91 Å². The van der Waals surface area contributed by atoms with Crippen molar-refractivity contribution in [2.45, 2.75) is 26.3 Å². The molecule has 22 heavy (non-hydrogen) atoms. The molecule has 0 fully saturated rings. The molecule has 0 unspecified atom stereocenters. The Morgan fingerprint density at radius 3 is 2.95 bits per heavy atom. The fourth-order valence-electron chi connectivity index (χ4n) is 2.33. The standard InChI is InChI=1S/C16H18N2O3S/c1-2-3-11-7-12(15(17)22-11)16(19)18-8-10-4-5-13-14(6-10)21-9-20-13/h4-7H,2-3,8-9,17H2,1H3,(H,18,19). The second-order valence-corrected chi connectivity index (χ2v) is 6.28. The lowest BCUT2D eigenvalue weighted by Gasteiger charge is -2.06. The van der Waals surface area contributed by atoms with Gasteiger partial charge in [-0.25, -0.2) is 0 Å². The first-order valence-corrected chi connectivity index (χ1v) is 8.04.